The maximum Gasteiger partial charge on any atom is 0.416 e. The lowest BCUT2D eigenvalue weighted by molar-refractivity contribution is -0.139. The van der Waals surface area contributed by atoms with Crippen molar-refractivity contribution in [1.29, 1.82) is 0 Å². The van der Waals surface area contributed by atoms with Gasteiger partial charge in [0, 0.05) is 12.1 Å². The highest BCUT2D eigenvalue weighted by molar-refractivity contribution is 5.83. The molecule has 0 fully saturated rings. The molecule has 1 rings (SSSR count). The molecule has 0 aliphatic carbocycles. The predicted molar refractivity (Wildman–Crippen MR) is 75.3 cm³/mol. The minimum absolute atomic E-state index is 0.0315. The maximum absolute atomic E-state index is 12.9. The Balaban J connectivity index is 2.89. The SMILES string of the molecule is CC(C)(N)C(C)(C)C(=O)NCc1ccccc1C(F)(F)F. The second kappa shape index (κ2) is 5.67. The molecule has 0 spiro atoms. The quantitative estimate of drug-likeness (QED) is 0.898. The summed E-state index contributed by atoms with van der Waals surface area (Å²) in [5.74, 6) is -0.382. The molecule has 0 saturated carbocycles. The van der Waals surface area contributed by atoms with Gasteiger partial charge in [-0.15, -0.1) is 0 Å². The van der Waals surface area contributed by atoms with Crippen LogP contribution in [-0.2, 0) is 17.5 Å². The third-order valence-corrected chi connectivity index (χ3v) is 3.94. The van der Waals surface area contributed by atoms with Gasteiger partial charge in [-0.1, -0.05) is 18.2 Å². The molecule has 0 aliphatic rings. The molecule has 0 aliphatic heterocycles. The fraction of sp³-hybridized carbons (Fsp3) is 0.533. The first-order valence-corrected chi connectivity index (χ1v) is 6.59. The summed E-state index contributed by atoms with van der Waals surface area (Å²) in [4.78, 5) is 12.2. The van der Waals surface area contributed by atoms with Crippen molar-refractivity contribution >= 4 is 5.91 Å². The van der Waals surface area contributed by atoms with Gasteiger partial charge >= 0.3 is 6.18 Å². The molecular weight excluding hydrogens is 281 g/mol. The number of hydrogen-bond acceptors (Lipinski definition) is 2. The fourth-order valence-electron chi connectivity index (χ4n) is 1.64. The molecule has 0 atom stereocenters. The van der Waals surface area contributed by atoms with Gasteiger partial charge in [0.15, 0.2) is 0 Å². The minimum Gasteiger partial charge on any atom is -0.351 e. The number of carbonyl (C=O) groups excluding carboxylic acids is 1. The zero-order valence-electron chi connectivity index (χ0n) is 12.6. The van der Waals surface area contributed by atoms with Crippen LogP contribution in [0.4, 0.5) is 13.2 Å². The van der Waals surface area contributed by atoms with Crippen molar-refractivity contribution in [3.8, 4) is 0 Å². The number of amides is 1. The number of carbonyl (C=O) groups is 1. The molecule has 0 unspecified atom stereocenters. The van der Waals surface area contributed by atoms with E-state index in [0.717, 1.165) is 6.07 Å². The van der Waals surface area contributed by atoms with Crippen molar-refractivity contribution in [2.75, 3.05) is 0 Å². The average molecular weight is 302 g/mol. The molecule has 0 radical (unpaired) electrons. The Hall–Kier alpha value is -1.56. The van der Waals surface area contributed by atoms with Crippen molar-refractivity contribution in [2.45, 2.75) is 46.0 Å². The number of benzene rings is 1. The second-order valence-corrected chi connectivity index (χ2v) is 6.18. The third kappa shape index (κ3) is 3.97. The first-order chi connectivity index (χ1) is 9.37. The second-order valence-electron chi connectivity index (χ2n) is 6.18. The van der Waals surface area contributed by atoms with E-state index in [1.807, 2.05) is 0 Å². The molecule has 0 bridgehead atoms. The molecular formula is C15H21F3N2O. The van der Waals surface area contributed by atoms with Gasteiger partial charge in [-0.05, 0) is 39.3 Å². The van der Waals surface area contributed by atoms with Crippen LogP contribution in [0, 0.1) is 5.41 Å². The number of halogens is 3. The normalized spacial score (nSPS) is 13.1. The van der Waals surface area contributed by atoms with E-state index in [-0.39, 0.29) is 18.0 Å². The largest absolute Gasteiger partial charge is 0.416 e. The van der Waals surface area contributed by atoms with Crippen LogP contribution in [0.3, 0.4) is 0 Å². The molecule has 1 aromatic carbocycles. The van der Waals surface area contributed by atoms with Crippen LogP contribution in [0.2, 0.25) is 0 Å². The standard InChI is InChI=1S/C15H21F3N2O/c1-13(2,14(3,4)19)12(21)20-9-10-7-5-6-8-11(10)15(16,17)18/h5-8H,9,19H2,1-4H3,(H,20,21). The molecule has 1 amide bonds. The van der Waals surface area contributed by atoms with E-state index >= 15 is 0 Å². The molecule has 3 nitrogen and oxygen atoms in total. The number of nitrogens with one attached hydrogen (secondary N) is 1. The van der Waals surface area contributed by atoms with Crippen molar-refractivity contribution in [3.63, 3.8) is 0 Å². The summed E-state index contributed by atoms with van der Waals surface area (Å²) >= 11 is 0. The van der Waals surface area contributed by atoms with Gasteiger partial charge in [0.05, 0.1) is 11.0 Å². The van der Waals surface area contributed by atoms with Crippen molar-refractivity contribution in [1.82, 2.24) is 5.32 Å². The Morgan fingerprint density at radius 3 is 2.14 bits per heavy atom. The zero-order valence-corrected chi connectivity index (χ0v) is 12.6. The highest BCUT2D eigenvalue weighted by atomic mass is 19.4. The number of alkyl halides is 3. The van der Waals surface area contributed by atoms with Gasteiger partial charge in [0.2, 0.25) is 5.91 Å². The first-order valence-electron chi connectivity index (χ1n) is 6.59. The number of nitrogens with two attached hydrogens (primary N) is 1. The third-order valence-electron chi connectivity index (χ3n) is 3.94. The summed E-state index contributed by atoms with van der Waals surface area (Å²) in [6.07, 6.45) is -4.44. The lowest BCUT2D eigenvalue weighted by Gasteiger charge is -2.37. The Morgan fingerprint density at radius 1 is 1.14 bits per heavy atom. The van der Waals surface area contributed by atoms with Crippen LogP contribution in [0.15, 0.2) is 24.3 Å². The van der Waals surface area contributed by atoms with E-state index < -0.39 is 22.7 Å². The minimum atomic E-state index is -4.44. The smallest absolute Gasteiger partial charge is 0.351 e. The van der Waals surface area contributed by atoms with Crippen LogP contribution in [0.25, 0.3) is 0 Å². The monoisotopic (exact) mass is 302 g/mol. The molecule has 1 aromatic rings. The molecule has 6 heteroatoms. The molecule has 0 saturated heterocycles. The predicted octanol–water partition coefficient (Wildman–Crippen LogP) is 3.09. The Morgan fingerprint density at radius 2 is 1.67 bits per heavy atom. The van der Waals surface area contributed by atoms with Gasteiger partial charge < -0.3 is 11.1 Å². The van der Waals surface area contributed by atoms with Crippen LogP contribution in [0.1, 0.15) is 38.8 Å². The van der Waals surface area contributed by atoms with E-state index in [2.05, 4.69) is 5.32 Å². The van der Waals surface area contributed by atoms with Crippen molar-refractivity contribution < 1.29 is 18.0 Å². The van der Waals surface area contributed by atoms with Crippen molar-refractivity contribution in [3.05, 3.63) is 35.4 Å². The lowest BCUT2D eigenvalue weighted by atomic mass is 9.74. The van der Waals surface area contributed by atoms with Crippen LogP contribution in [-0.4, -0.2) is 11.4 Å². The van der Waals surface area contributed by atoms with Crippen molar-refractivity contribution in [2.24, 2.45) is 11.1 Å². The van der Waals surface area contributed by atoms with E-state index in [1.165, 1.54) is 18.2 Å². The lowest BCUT2D eigenvalue weighted by Crippen LogP contribution is -2.55. The van der Waals surface area contributed by atoms with E-state index in [0.29, 0.717) is 0 Å². The Bertz CT molecular complexity index is 516. The van der Waals surface area contributed by atoms with Gasteiger partial charge in [-0.25, -0.2) is 0 Å². The Labute approximate surface area is 122 Å². The maximum atomic E-state index is 12.9. The summed E-state index contributed by atoms with van der Waals surface area (Å²) < 4.78 is 38.6. The van der Waals surface area contributed by atoms with Crippen LogP contribution >= 0.6 is 0 Å². The summed E-state index contributed by atoms with van der Waals surface area (Å²) in [5, 5.41) is 2.54. The molecule has 118 valence electrons. The summed E-state index contributed by atoms with van der Waals surface area (Å²) in [6, 6.07) is 5.18. The van der Waals surface area contributed by atoms with Gasteiger partial charge in [0.25, 0.3) is 0 Å². The Kier molecular flexibility index (Phi) is 4.73. The fourth-order valence-corrected chi connectivity index (χ4v) is 1.64. The summed E-state index contributed by atoms with van der Waals surface area (Å²) in [7, 11) is 0. The van der Waals surface area contributed by atoms with Gasteiger partial charge in [0.1, 0.15) is 0 Å². The zero-order chi connectivity index (χ0) is 16.5. The number of rotatable bonds is 4. The topological polar surface area (TPSA) is 55.1 Å². The average Bonchev–Trinajstić information content (AvgIpc) is 2.33. The summed E-state index contributed by atoms with van der Waals surface area (Å²) in [5.41, 5.74) is 3.54. The summed E-state index contributed by atoms with van der Waals surface area (Å²) in [6.45, 7) is 6.55. The molecule has 0 heterocycles. The van der Waals surface area contributed by atoms with E-state index in [9.17, 15) is 18.0 Å². The van der Waals surface area contributed by atoms with E-state index in [1.54, 1.807) is 27.7 Å². The number of hydrogen-bond donors (Lipinski definition) is 2. The molecule has 0 aromatic heterocycles. The highest BCUT2D eigenvalue weighted by Crippen LogP contribution is 2.32. The van der Waals surface area contributed by atoms with E-state index in [4.69, 9.17) is 5.73 Å². The van der Waals surface area contributed by atoms with Crippen LogP contribution < -0.4 is 11.1 Å². The van der Waals surface area contributed by atoms with Gasteiger partial charge in [-0.2, -0.15) is 13.2 Å². The first kappa shape index (κ1) is 17.5. The van der Waals surface area contributed by atoms with Crippen LogP contribution in [0.5, 0.6) is 0 Å². The molecule has 3 N–H and O–H groups in total. The molecule has 21 heavy (non-hydrogen) atoms. The highest BCUT2D eigenvalue weighted by Gasteiger charge is 2.40. The van der Waals surface area contributed by atoms with Gasteiger partial charge in [-0.3, -0.25) is 4.79 Å².